The van der Waals surface area contributed by atoms with Gasteiger partial charge in [0, 0.05) is 32.0 Å². The highest BCUT2D eigenvalue weighted by Gasteiger charge is 2.36. The molecule has 0 radical (unpaired) electrons. The molecule has 10 nitrogen and oxygen atoms in total. The molecule has 5 rings (SSSR count). The first kappa shape index (κ1) is 20.0. The Bertz CT molecular complexity index is 1020. The zero-order valence-corrected chi connectivity index (χ0v) is 17.4. The van der Waals surface area contributed by atoms with E-state index in [1.807, 2.05) is 0 Å². The van der Waals surface area contributed by atoms with Gasteiger partial charge in [-0.3, -0.25) is 13.8 Å². The predicted molar refractivity (Wildman–Crippen MR) is 110 cm³/mol. The molecule has 2 aromatic rings. The normalized spacial score (nSPS) is 22.4. The zero-order chi connectivity index (χ0) is 21.5. The van der Waals surface area contributed by atoms with Crippen molar-refractivity contribution < 1.29 is 23.1 Å². The average molecular weight is 442 g/mol. The lowest BCUT2D eigenvalue weighted by atomic mass is 10.2. The zero-order valence-electron chi connectivity index (χ0n) is 16.5. The number of pyridine rings is 1. The molecule has 11 heteroatoms. The average Bonchev–Trinajstić information content (AvgIpc) is 3.52. The van der Waals surface area contributed by atoms with Crippen LogP contribution in [-0.2, 0) is 15.9 Å². The number of ketones is 1. The predicted octanol–water partition coefficient (Wildman–Crippen LogP) is 0.716. The third kappa shape index (κ3) is 4.02. The quantitative estimate of drug-likeness (QED) is 0.450. The van der Waals surface area contributed by atoms with Crippen molar-refractivity contribution in [3.63, 3.8) is 0 Å². The third-order valence-electron chi connectivity index (χ3n) is 5.71. The van der Waals surface area contributed by atoms with Crippen LogP contribution in [0.5, 0.6) is 5.75 Å². The van der Waals surface area contributed by atoms with E-state index in [0.29, 0.717) is 49.1 Å². The summed E-state index contributed by atoms with van der Waals surface area (Å²) in [5.74, 6) is 0.864. The van der Waals surface area contributed by atoms with Crippen LogP contribution in [0.4, 0.5) is 11.6 Å². The molecule has 0 bridgehead atoms. The first-order valence-corrected chi connectivity index (χ1v) is 11.3. The molecule has 4 heterocycles. The van der Waals surface area contributed by atoms with E-state index in [0.717, 1.165) is 12.8 Å². The largest absolute Gasteiger partial charge is 0.772 e. The molecule has 3 aliphatic rings. The minimum absolute atomic E-state index is 0.0631. The van der Waals surface area contributed by atoms with Gasteiger partial charge in [-0.05, 0) is 36.1 Å². The minimum Gasteiger partial charge on any atom is -0.772 e. The maximum atomic E-state index is 12.8. The SMILES string of the molecule is O=C(c1ccc(O[C@@H]2CCN(c3cnc(N4CC(S(=O)[O-])C4)nc3)C2=O)cn1)C1CC1. The summed E-state index contributed by atoms with van der Waals surface area (Å²) in [6.07, 6.45) is 6.32. The molecule has 1 aliphatic carbocycles. The van der Waals surface area contributed by atoms with Crippen LogP contribution >= 0.6 is 0 Å². The van der Waals surface area contributed by atoms with E-state index in [1.165, 1.54) is 6.20 Å². The number of nitrogens with zero attached hydrogens (tertiary/aromatic N) is 5. The molecule has 1 amide bonds. The summed E-state index contributed by atoms with van der Waals surface area (Å²) in [6.45, 7) is 1.21. The number of ether oxygens (including phenoxy) is 1. The molecule has 0 spiro atoms. The Labute approximate surface area is 180 Å². The van der Waals surface area contributed by atoms with Gasteiger partial charge in [-0.25, -0.2) is 15.0 Å². The maximum absolute atomic E-state index is 12.8. The molecule has 0 aromatic carbocycles. The third-order valence-corrected chi connectivity index (χ3v) is 6.55. The number of rotatable bonds is 7. The first-order valence-electron chi connectivity index (χ1n) is 10.1. The van der Waals surface area contributed by atoms with Gasteiger partial charge < -0.3 is 19.1 Å². The molecule has 1 saturated carbocycles. The van der Waals surface area contributed by atoms with E-state index in [4.69, 9.17) is 4.74 Å². The van der Waals surface area contributed by atoms with Crippen molar-refractivity contribution in [1.29, 1.82) is 0 Å². The number of hydrogen-bond donors (Lipinski definition) is 0. The lowest BCUT2D eigenvalue weighted by Gasteiger charge is -2.40. The van der Waals surface area contributed by atoms with E-state index >= 15 is 0 Å². The molecule has 1 unspecified atom stereocenters. The van der Waals surface area contributed by atoms with Crippen LogP contribution in [-0.4, -0.2) is 66.4 Å². The number of Topliss-reactive ketones (excluding diaryl/α,β-unsaturated/α-hetero) is 1. The van der Waals surface area contributed by atoms with Gasteiger partial charge in [-0.2, -0.15) is 0 Å². The Hall–Kier alpha value is -2.92. The molecular weight excluding hydrogens is 422 g/mol. The summed E-state index contributed by atoms with van der Waals surface area (Å²) in [5.41, 5.74) is 0.995. The highest BCUT2D eigenvalue weighted by molar-refractivity contribution is 7.80. The van der Waals surface area contributed by atoms with Crippen LogP contribution in [0.3, 0.4) is 0 Å². The molecule has 31 heavy (non-hydrogen) atoms. The monoisotopic (exact) mass is 442 g/mol. The first-order chi connectivity index (χ1) is 15.0. The number of carbonyl (C=O) groups is 2. The lowest BCUT2D eigenvalue weighted by molar-refractivity contribution is -0.122. The van der Waals surface area contributed by atoms with Crippen molar-refractivity contribution in [2.24, 2.45) is 5.92 Å². The van der Waals surface area contributed by atoms with Gasteiger partial charge in [0.2, 0.25) is 5.95 Å². The van der Waals surface area contributed by atoms with Crippen molar-refractivity contribution in [3.05, 3.63) is 36.4 Å². The highest BCUT2D eigenvalue weighted by Crippen LogP contribution is 2.32. The topological polar surface area (TPSA) is 129 Å². The number of amides is 1. The molecule has 3 fully saturated rings. The van der Waals surface area contributed by atoms with E-state index in [9.17, 15) is 18.4 Å². The van der Waals surface area contributed by atoms with E-state index in [2.05, 4.69) is 15.0 Å². The molecule has 162 valence electrons. The fraction of sp³-hybridized carbons (Fsp3) is 0.450. The summed E-state index contributed by atoms with van der Waals surface area (Å²) in [7, 11) is 0. The van der Waals surface area contributed by atoms with Crippen LogP contribution in [0.25, 0.3) is 0 Å². The highest BCUT2D eigenvalue weighted by atomic mass is 32.2. The molecule has 0 N–H and O–H groups in total. The Kier molecular flexibility index (Phi) is 5.14. The van der Waals surface area contributed by atoms with Crippen molar-refractivity contribution in [1.82, 2.24) is 15.0 Å². The molecule has 2 atom stereocenters. The summed E-state index contributed by atoms with van der Waals surface area (Å²) >= 11 is -2.09. The molecule has 2 saturated heterocycles. The summed E-state index contributed by atoms with van der Waals surface area (Å²) in [4.78, 5) is 40.9. The van der Waals surface area contributed by atoms with E-state index < -0.39 is 22.4 Å². The van der Waals surface area contributed by atoms with Crippen LogP contribution in [0, 0.1) is 5.92 Å². The van der Waals surface area contributed by atoms with E-state index in [-0.39, 0.29) is 17.6 Å². The van der Waals surface area contributed by atoms with Crippen molar-refractivity contribution >= 4 is 34.4 Å². The molecular formula is C20H20N5O5S-. The van der Waals surface area contributed by atoms with Crippen LogP contribution in [0.1, 0.15) is 29.8 Å². The van der Waals surface area contributed by atoms with Crippen LogP contribution in [0.15, 0.2) is 30.7 Å². The fourth-order valence-corrected chi connectivity index (χ4v) is 4.28. The van der Waals surface area contributed by atoms with Crippen molar-refractivity contribution in [2.45, 2.75) is 30.6 Å². The van der Waals surface area contributed by atoms with Gasteiger partial charge in [0.15, 0.2) is 11.9 Å². The second kappa shape index (κ2) is 7.97. The second-order valence-electron chi connectivity index (χ2n) is 7.93. The fourth-order valence-electron chi connectivity index (χ4n) is 3.67. The molecule has 2 aliphatic heterocycles. The summed E-state index contributed by atoms with van der Waals surface area (Å²) in [5, 5.41) is -0.392. The van der Waals surface area contributed by atoms with E-state index in [1.54, 1.807) is 34.3 Å². The Morgan fingerprint density at radius 2 is 1.84 bits per heavy atom. The summed E-state index contributed by atoms with van der Waals surface area (Å²) < 4.78 is 27.6. The van der Waals surface area contributed by atoms with Gasteiger partial charge in [-0.15, -0.1) is 0 Å². The van der Waals surface area contributed by atoms with Crippen molar-refractivity contribution in [2.75, 3.05) is 29.4 Å². The van der Waals surface area contributed by atoms with Gasteiger partial charge in [0.1, 0.15) is 11.4 Å². The van der Waals surface area contributed by atoms with Crippen molar-refractivity contribution in [3.8, 4) is 5.75 Å². The van der Waals surface area contributed by atoms with Gasteiger partial charge >= 0.3 is 0 Å². The number of hydrogen-bond acceptors (Lipinski definition) is 9. The smallest absolute Gasteiger partial charge is 0.268 e. The van der Waals surface area contributed by atoms with Gasteiger partial charge in [0.05, 0.1) is 29.5 Å². The number of anilines is 2. The maximum Gasteiger partial charge on any atom is 0.268 e. The lowest BCUT2D eigenvalue weighted by Crippen LogP contribution is -2.53. The van der Waals surface area contributed by atoms with Gasteiger partial charge in [0.25, 0.3) is 5.91 Å². The Morgan fingerprint density at radius 1 is 1.10 bits per heavy atom. The molecule has 2 aromatic heterocycles. The Balaban J connectivity index is 1.19. The number of aromatic nitrogens is 3. The second-order valence-corrected chi connectivity index (χ2v) is 9.12. The summed E-state index contributed by atoms with van der Waals surface area (Å²) in [6, 6.07) is 3.31. The van der Waals surface area contributed by atoms with Crippen LogP contribution < -0.4 is 14.5 Å². The minimum atomic E-state index is -2.09. The number of carbonyl (C=O) groups excluding carboxylic acids is 2. The standard InChI is InChI=1S/C20H21N5O5S/c26-18(12-1-2-12)16-4-3-14(9-21-16)30-17-5-6-25(19(17)27)13-7-22-20(23-8-13)24-10-15(11-24)31(28)29/h3-4,7-9,12,15,17H,1-2,5-6,10-11H2,(H,28,29)/p-1/t17-/m1/s1. The van der Waals surface area contributed by atoms with Crippen LogP contribution in [0.2, 0.25) is 0 Å². The van der Waals surface area contributed by atoms with Gasteiger partial charge in [-0.1, -0.05) is 0 Å². The Morgan fingerprint density at radius 3 is 2.45 bits per heavy atom.